The van der Waals surface area contributed by atoms with Gasteiger partial charge in [-0.15, -0.1) is 0 Å². The zero-order valence-corrected chi connectivity index (χ0v) is 17.7. The maximum absolute atomic E-state index is 13.4. The van der Waals surface area contributed by atoms with Gasteiger partial charge in [0.1, 0.15) is 4.90 Å². The number of nitrogens with zero attached hydrogens (tertiary/aromatic N) is 3. The molecule has 1 aliphatic rings. The average Bonchev–Trinajstić information content (AvgIpc) is 2.77. The quantitative estimate of drug-likeness (QED) is 0.327. The van der Waals surface area contributed by atoms with E-state index in [0.717, 1.165) is 0 Å². The molecule has 0 fully saturated rings. The van der Waals surface area contributed by atoms with Gasteiger partial charge in [-0.2, -0.15) is 4.31 Å². The molecule has 0 aliphatic carbocycles. The zero-order valence-electron chi connectivity index (χ0n) is 16.8. The molecule has 0 saturated heterocycles. The number of para-hydroxylation sites is 1. The summed E-state index contributed by atoms with van der Waals surface area (Å²) in [5.74, 6) is -0.193. The molecule has 3 aromatic carbocycles. The Hall–Kier alpha value is -4.05. The van der Waals surface area contributed by atoms with Crippen LogP contribution in [-0.2, 0) is 16.6 Å². The fourth-order valence-electron chi connectivity index (χ4n) is 3.50. The standard InChI is InChI=1S/C22H17N3O6S/c1-15(26)17-9-11-18(12-10-17)24-22(27)23(14-16-5-4-6-19(13-16)25(28)29)20-7-2-3-8-21(20)32(24,30)31/h2-13H,14H2,1H3. The summed E-state index contributed by atoms with van der Waals surface area (Å²) in [6.07, 6.45) is 0. The molecule has 0 radical (unpaired) electrons. The molecule has 0 bridgehead atoms. The first-order chi connectivity index (χ1) is 15.2. The Labute approximate surface area is 183 Å². The van der Waals surface area contributed by atoms with E-state index in [9.17, 15) is 28.1 Å². The number of amides is 2. The summed E-state index contributed by atoms with van der Waals surface area (Å²) in [6.45, 7) is 1.31. The third-order valence-electron chi connectivity index (χ3n) is 5.05. The lowest BCUT2D eigenvalue weighted by Crippen LogP contribution is -2.50. The highest BCUT2D eigenvalue weighted by Crippen LogP contribution is 2.38. The van der Waals surface area contributed by atoms with E-state index in [1.54, 1.807) is 18.2 Å². The summed E-state index contributed by atoms with van der Waals surface area (Å²) in [4.78, 5) is 36.8. The van der Waals surface area contributed by atoms with Gasteiger partial charge in [0.05, 0.1) is 22.8 Å². The largest absolute Gasteiger partial charge is 0.343 e. The minimum atomic E-state index is -4.22. The normalized spacial score (nSPS) is 14.7. The molecular formula is C22H17N3O6S. The van der Waals surface area contributed by atoms with Crippen molar-refractivity contribution >= 4 is 38.9 Å². The van der Waals surface area contributed by atoms with Crippen molar-refractivity contribution in [1.82, 2.24) is 0 Å². The molecule has 0 unspecified atom stereocenters. The number of ketones is 1. The molecule has 3 aromatic rings. The Morgan fingerprint density at radius 2 is 1.69 bits per heavy atom. The Kier molecular flexibility index (Phi) is 5.23. The molecule has 32 heavy (non-hydrogen) atoms. The van der Waals surface area contributed by atoms with Crippen LogP contribution in [0.15, 0.2) is 77.7 Å². The number of nitro benzene ring substituents is 1. The second-order valence-electron chi connectivity index (χ2n) is 7.14. The number of urea groups is 1. The van der Waals surface area contributed by atoms with E-state index in [1.807, 2.05) is 0 Å². The van der Waals surface area contributed by atoms with Crippen LogP contribution in [0, 0.1) is 10.1 Å². The highest BCUT2D eigenvalue weighted by atomic mass is 32.2. The Morgan fingerprint density at radius 1 is 1.00 bits per heavy atom. The predicted molar refractivity (Wildman–Crippen MR) is 117 cm³/mol. The van der Waals surface area contributed by atoms with E-state index >= 15 is 0 Å². The van der Waals surface area contributed by atoms with Crippen LogP contribution in [0.4, 0.5) is 21.9 Å². The number of anilines is 2. The average molecular weight is 451 g/mol. The molecule has 4 rings (SSSR count). The Bertz CT molecular complexity index is 1350. The molecule has 0 saturated carbocycles. The van der Waals surface area contributed by atoms with Gasteiger partial charge in [0.25, 0.3) is 15.7 Å². The van der Waals surface area contributed by atoms with Gasteiger partial charge in [0, 0.05) is 17.7 Å². The number of Topliss-reactive ketones (excluding diaryl/α,β-unsaturated/α-hetero) is 1. The van der Waals surface area contributed by atoms with E-state index in [4.69, 9.17) is 0 Å². The summed E-state index contributed by atoms with van der Waals surface area (Å²) in [6, 6.07) is 16.7. The molecule has 1 heterocycles. The van der Waals surface area contributed by atoms with Crippen molar-refractivity contribution in [2.75, 3.05) is 9.21 Å². The molecule has 0 aromatic heterocycles. The number of carbonyl (C=O) groups is 2. The van der Waals surface area contributed by atoms with E-state index in [0.29, 0.717) is 15.4 Å². The summed E-state index contributed by atoms with van der Waals surface area (Å²) in [5, 5.41) is 11.1. The van der Waals surface area contributed by atoms with Gasteiger partial charge in [0.15, 0.2) is 5.78 Å². The number of fused-ring (bicyclic) bond motifs is 1. The molecule has 0 N–H and O–H groups in total. The highest BCUT2D eigenvalue weighted by molar-refractivity contribution is 7.94. The minimum absolute atomic E-state index is 0.0688. The molecule has 1 aliphatic heterocycles. The van der Waals surface area contributed by atoms with Crippen molar-refractivity contribution in [2.45, 2.75) is 18.4 Å². The van der Waals surface area contributed by atoms with Crippen molar-refractivity contribution in [1.29, 1.82) is 0 Å². The lowest BCUT2D eigenvalue weighted by atomic mass is 10.1. The van der Waals surface area contributed by atoms with Crippen LogP contribution in [0.2, 0.25) is 0 Å². The van der Waals surface area contributed by atoms with Crippen molar-refractivity contribution in [3.63, 3.8) is 0 Å². The van der Waals surface area contributed by atoms with Crippen LogP contribution in [-0.4, -0.2) is 25.2 Å². The van der Waals surface area contributed by atoms with Crippen molar-refractivity contribution in [3.8, 4) is 0 Å². The van der Waals surface area contributed by atoms with Crippen LogP contribution in [0.1, 0.15) is 22.8 Å². The van der Waals surface area contributed by atoms with Gasteiger partial charge in [-0.3, -0.25) is 19.8 Å². The number of benzene rings is 3. The number of rotatable bonds is 5. The number of non-ortho nitro benzene ring substituents is 1. The summed E-state index contributed by atoms with van der Waals surface area (Å²) in [5.41, 5.74) is 0.974. The van der Waals surface area contributed by atoms with Gasteiger partial charge in [-0.1, -0.05) is 24.3 Å². The van der Waals surface area contributed by atoms with E-state index < -0.39 is 21.0 Å². The van der Waals surface area contributed by atoms with Crippen LogP contribution >= 0.6 is 0 Å². The third-order valence-corrected chi connectivity index (χ3v) is 6.80. The predicted octanol–water partition coefficient (Wildman–Crippen LogP) is 4.13. The van der Waals surface area contributed by atoms with Crippen LogP contribution in [0.3, 0.4) is 0 Å². The zero-order chi connectivity index (χ0) is 23.0. The molecule has 9 nitrogen and oxygen atoms in total. The lowest BCUT2D eigenvalue weighted by Gasteiger charge is -2.36. The molecule has 0 atom stereocenters. The Balaban J connectivity index is 1.82. The van der Waals surface area contributed by atoms with Gasteiger partial charge in [-0.05, 0) is 48.9 Å². The molecular weight excluding hydrogens is 434 g/mol. The number of nitro groups is 1. The monoisotopic (exact) mass is 451 g/mol. The van der Waals surface area contributed by atoms with Crippen LogP contribution < -0.4 is 9.21 Å². The van der Waals surface area contributed by atoms with Crippen LogP contribution in [0.25, 0.3) is 0 Å². The maximum Gasteiger partial charge on any atom is 0.343 e. The first-order valence-corrected chi connectivity index (χ1v) is 10.9. The van der Waals surface area contributed by atoms with Gasteiger partial charge in [-0.25, -0.2) is 13.2 Å². The lowest BCUT2D eigenvalue weighted by molar-refractivity contribution is -0.384. The molecule has 10 heteroatoms. The molecule has 0 spiro atoms. The minimum Gasteiger partial charge on any atom is -0.295 e. The number of carbonyl (C=O) groups excluding carboxylic acids is 2. The van der Waals surface area contributed by atoms with Crippen molar-refractivity contribution in [3.05, 3.63) is 94.0 Å². The highest BCUT2D eigenvalue weighted by Gasteiger charge is 2.42. The van der Waals surface area contributed by atoms with Crippen LogP contribution in [0.5, 0.6) is 0 Å². The van der Waals surface area contributed by atoms with E-state index in [2.05, 4.69) is 0 Å². The topological polar surface area (TPSA) is 118 Å². The number of hydrogen-bond donors (Lipinski definition) is 0. The van der Waals surface area contributed by atoms with E-state index in [-0.39, 0.29) is 34.3 Å². The van der Waals surface area contributed by atoms with Gasteiger partial charge >= 0.3 is 6.03 Å². The summed E-state index contributed by atoms with van der Waals surface area (Å²) in [7, 11) is -4.22. The first kappa shape index (κ1) is 21.2. The molecule has 162 valence electrons. The van der Waals surface area contributed by atoms with Crippen molar-refractivity contribution < 1.29 is 22.9 Å². The van der Waals surface area contributed by atoms with Gasteiger partial charge in [0.2, 0.25) is 0 Å². The summed E-state index contributed by atoms with van der Waals surface area (Å²) >= 11 is 0. The second kappa shape index (κ2) is 7.89. The molecule has 2 amide bonds. The third kappa shape index (κ3) is 3.60. The summed E-state index contributed by atoms with van der Waals surface area (Å²) < 4.78 is 27.3. The second-order valence-corrected chi connectivity index (χ2v) is 8.89. The SMILES string of the molecule is CC(=O)c1ccc(N2C(=O)N(Cc3cccc([N+](=O)[O-])c3)c3ccccc3S2(=O)=O)cc1. The van der Waals surface area contributed by atoms with Crippen molar-refractivity contribution in [2.24, 2.45) is 0 Å². The number of hydrogen-bond acceptors (Lipinski definition) is 6. The fourth-order valence-corrected chi connectivity index (χ4v) is 5.09. The first-order valence-electron chi connectivity index (χ1n) is 9.50. The van der Waals surface area contributed by atoms with Gasteiger partial charge < -0.3 is 0 Å². The maximum atomic E-state index is 13.4. The van der Waals surface area contributed by atoms with E-state index in [1.165, 1.54) is 66.4 Å². The smallest absolute Gasteiger partial charge is 0.295 e. The number of sulfonamides is 1. The Morgan fingerprint density at radius 3 is 2.34 bits per heavy atom. The fraction of sp³-hybridized carbons (Fsp3) is 0.0909.